The number of carbonyl (C=O) groups is 2. The van der Waals surface area contributed by atoms with E-state index in [1.54, 1.807) is 56.3 Å². The van der Waals surface area contributed by atoms with Crippen LogP contribution in [-0.4, -0.2) is 43.4 Å². The summed E-state index contributed by atoms with van der Waals surface area (Å²) in [5.74, 6) is -0.411. The minimum Gasteiger partial charge on any atom is -0.493 e. The third-order valence-electron chi connectivity index (χ3n) is 6.75. The van der Waals surface area contributed by atoms with E-state index in [0.29, 0.717) is 52.7 Å². The van der Waals surface area contributed by atoms with Gasteiger partial charge in [0, 0.05) is 10.6 Å². The third-order valence-corrected chi connectivity index (χ3v) is 8.57. The molecule has 0 unspecified atom stereocenters. The van der Waals surface area contributed by atoms with Gasteiger partial charge in [0.25, 0.3) is 5.56 Å². The second kappa shape index (κ2) is 14.3. The number of benzene rings is 3. The average Bonchev–Trinajstić information content (AvgIpc) is 3.34. The highest BCUT2D eigenvalue weighted by Gasteiger charge is 2.35. The first kappa shape index (κ1) is 32.2. The fourth-order valence-corrected chi connectivity index (χ4v) is 6.55. The van der Waals surface area contributed by atoms with E-state index < -0.39 is 18.0 Å². The van der Waals surface area contributed by atoms with Crippen LogP contribution in [0.3, 0.4) is 0 Å². The minimum absolute atomic E-state index is 0.151. The Balaban J connectivity index is 1.69. The van der Waals surface area contributed by atoms with Crippen molar-refractivity contribution in [3.8, 4) is 11.5 Å². The highest BCUT2D eigenvalue weighted by atomic mass is 79.9. The highest BCUT2D eigenvalue weighted by Crippen LogP contribution is 2.38. The molecule has 232 valence electrons. The van der Waals surface area contributed by atoms with E-state index in [1.807, 2.05) is 30.3 Å². The molecule has 0 bridgehead atoms. The van der Waals surface area contributed by atoms with Gasteiger partial charge in [-0.05, 0) is 71.2 Å². The van der Waals surface area contributed by atoms with Gasteiger partial charge in [-0.25, -0.2) is 14.6 Å². The minimum atomic E-state index is -0.824. The number of aromatic nitrogens is 1. The maximum atomic E-state index is 14.1. The Hall–Kier alpha value is -4.19. The van der Waals surface area contributed by atoms with E-state index in [2.05, 4.69) is 15.9 Å². The number of thiazole rings is 1. The Bertz CT molecular complexity index is 1950. The first-order valence-electron chi connectivity index (χ1n) is 14.0. The van der Waals surface area contributed by atoms with Gasteiger partial charge >= 0.3 is 11.9 Å². The number of nitrogens with zero attached hydrogens (tertiary/aromatic N) is 2. The lowest BCUT2D eigenvalue weighted by Crippen LogP contribution is -2.40. The molecule has 12 heteroatoms. The number of halogens is 2. The van der Waals surface area contributed by atoms with Crippen LogP contribution in [0.1, 0.15) is 36.6 Å². The number of carbonyl (C=O) groups excluding carboxylic acids is 2. The summed E-state index contributed by atoms with van der Waals surface area (Å²) < 4.78 is 24.0. The summed E-state index contributed by atoms with van der Waals surface area (Å²) in [6.45, 7) is 3.54. The van der Waals surface area contributed by atoms with Crippen molar-refractivity contribution >= 4 is 62.6 Å². The molecule has 9 nitrogen and oxygen atoms in total. The monoisotopic (exact) mass is 710 g/mol. The van der Waals surface area contributed by atoms with Crippen LogP contribution < -0.4 is 24.4 Å². The number of hydrogen-bond donors (Lipinski definition) is 0. The summed E-state index contributed by atoms with van der Waals surface area (Å²) >= 11 is 10.9. The molecule has 1 aliphatic heterocycles. The van der Waals surface area contributed by atoms with Crippen molar-refractivity contribution in [2.75, 3.05) is 26.9 Å². The van der Waals surface area contributed by atoms with Crippen molar-refractivity contribution in [1.29, 1.82) is 0 Å². The maximum Gasteiger partial charge on any atom is 0.344 e. The Morgan fingerprint density at radius 2 is 1.76 bits per heavy atom. The average molecular weight is 712 g/mol. The van der Waals surface area contributed by atoms with E-state index in [4.69, 9.17) is 35.5 Å². The zero-order chi connectivity index (χ0) is 32.1. The molecule has 0 spiro atoms. The Labute approximate surface area is 276 Å². The lowest BCUT2D eigenvalue weighted by atomic mass is 9.93. The number of fused-ring (bicyclic) bond motifs is 1. The SMILES string of the molecule is CCOC(=O)COc1c(Br)cc(/C=c2\sc3n(c2=O)[C@@H](c2ccc(Cl)cc2)C(C(=O)OCC)=C(c2ccccc2)N=3)cc1OC. The second-order valence-electron chi connectivity index (χ2n) is 9.61. The molecule has 0 amide bonds. The smallest absolute Gasteiger partial charge is 0.344 e. The van der Waals surface area contributed by atoms with Gasteiger partial charge < -0.3 is 18.9 Å². The topological polar surface area (TPSA) is 105 Å². The van der Waals surface area contributed by atoms with Crippen LogP contribution >= 0.6 is 38.9 Å². The van der Waals surface area contributed by atoms with Gasteiger partial charge in [-0.3, -0.25) is 9.36 Å². The van der Waals surface area contributed by atoms with Crippen molar-refractivity contribution in [3.05, 3.63) is 118 Å². The number of rotatable bonds is 10. The zero-order valence-corrected chi connectivity index (χ0v) is 27.7. The quantitative estimate of drug-likeness (QED) is 0.206. The van der Waals surface area contributed by atoms with Crippen LogP contribution in [0.5, 0.6) is 11.5 Å². The van der Waals surface area contributed by atoms with Crippen molar-refractivity contribution in [1.82, 2.24) is 4.57 Å². The van der Waals surface area contributed by atoms with Gasteiger partial charge in [0.2, 0.25) is 0 Å². The Morgan fingerprint density at radius 1 is 1.04 bits per heavy atom. The summed E-state index contributed by atoms with van der Waals surface area (Å²) in [5, 5.41) is 0.519. The van der Waals surface area contributed by atoms with Gasteiger partial charge in [-0.15, -0.1) is 0 Å². The molecule has 2 heterocycles. The third kappa shape index (κ3) is 6.90. The van der Waals surface area contributed by atoms with Crippen LogP contribution in [0, 0.1) is 0 Å². The van der Waals surface area contributed by atoms with Crippen molar-refractivity contribution < 1.29 is 28.5 Å². The summed E-state index contributed by atoms with van der Waals surface area (Å²) in [6, 6.07) is 18.9. The Morgan fingerprint density at radius 3 is 2.42 bits per heavy atom. The number of ether oxygens (including phenoxy) is 4. The second-order valence-corrected chi connectivity index (χ2v) is 11.9. The zero-order valence-electron chi connectivity index (χ0n) is 24.5. The van der Waals surface area contributed by atoms with Crippen molar-refractivity contribution in [2.45, 2.75) is 19.9 Å². The molecule has 1 aromatic heterocycles. The fraction of sp³-hybridized carbons (Fsp3) is 0.212. The first-order chi connectivity index (χ1) is 21.7. The molecule has 1 atom stereocenters. The molecule has 0 fully saturated rings. The first-order valence-corrected chi connectivity index (χ1v) is 15.9. The molecule has 5 rings (SSSR count). The molecular weight excluding hydrogens is 684 g/mol. The summed E-state index contributed by atoms with van der Waals surface area (Å²) in [5.41, 5.74) is 2.34. The van der Waals surface area contributed by atoms with E-state index in [1.165, 1.54) is 23.0 Å². The van der Waals surface area contributed by atoms with Crippen LogP contribution in [0.2, 0.25) is 5.02 Å². The molecule has 45 heavy (non-hydrogen) atoms. The molecule has 0 radical (unpaired) electrons. The van der Waals surface area contributed by atoms with Gasteiger partial charge in [-0.1, -0.05) is 65.4 Å². The van der Waals surface area contributed by atoms with Crippen LogP contribution in [0.4, 0.5) is 0 Å². The molecule has 1 aliphatic rings. The van der Waals surface area contributed by atoms with E-state index >= 15 is 0 Å². The Kier molecular flexibility index (Phi) is 10.2. The highest BCUT2D eigenvalue weighted by molar-refractivity contribution is 9.10. The normalized spacial score (nSPS) is 14.4. The van der Waals surface area contributed by atoms with Crippen molar-refractivity contribution in [2.24, 2.45) is 4.99 Å². The lowest BCUT2D eigenvalue weighted by molar-refractivity contribution is -0.145. The largest absolute Gasteiger partial charge is 0.493 e. The molecule has 3 aromatic carbocycles. The van der Waals surface area contributed by atoms with E-state index in [9.17, 15) is 14.4 Å². The van der Waals surface area contributed by atoms with Gasteiger partial charge in [0.05, 0.1) is 46.6 Å². The maximum absolute atomic E-state index is 14.1. The number of esters is 2. The van der Waals surface area contributed by atoms with Crippen LogP contribution in [0.15, 0.2) is 86.6 Å². The number of methoxy groups -OCH3 is 1. The molecule has 0 saturated carbocycles. The van der Waals surface area contributed by atoms with Gasteiger partial charge in [-0.2, -0.15) is 0 Å². The lowest BCUT2D eigenvalue weighted by Gasteiger charge is -2.25. The predicted octanol–water partition coefficient (Wildman–Crippen LogP) is 5.30. The van der Waals surface area contributed by atoms with Gasteiger partial charge in [0.15, 0.2) is 22.9 Å². The summed E-state index contributed by atoms with van der Waals surface area (Å²) in [4.78, 5) is 44.8. The van der Waals surface area contributed by atoms with Crippen LogP contribution in [-0.2, 0) is 19.1 Å². The fourth-order valence-electron chi connectivity index (χ4n) is 4.85. The molecule has 4 aromatic rings. The molecule has 0 N–H and O–H groups in total. The van der Waals surface area contributed by atoms with Crippen molar-refractivity contribution in [3.63, 3.8) is 0 Å². The standard InChI is InChI=1S/C33H28BrClN2O7S/c1-4-42-26(38)18-44-30-23(34)15-19(16-24(30)41-3)17-25-31(39)37-29(21-11-13-22(35)14-12-21)27(32(40)43-5-2)28(36-33(37)45-25)20-9-7-6-8-10-20/h6-17,29H,4-5,18H2,1-3H3/b25-17-/t29-/m0/s1. The summed E-state index contributed by atoms with van der Waals surface area (Å²) in [6.07, 6.45) is 1.71. The van der Waals surface area contributed by atoms with E-state index in [-0.39, 0.29) is 31.0 Å². The molecular formula is C33H28BrClN2O7S. The predicted molar refractivity (Wildman–Crippen MR) is 175 cm³/mol. The van der Waals surface area contributed by atoms with E-state index in [0.717, 1.165) is 0 Å². The van der Waals surface area contributed by atoms with Crippen LogP contribution in [0.25, 0.3) is 11.8 Å². The molecule has 0 aliphatic carbocycles. The summed E-state index contributed by atoms with van der Waals surface area (Å²) in [7, 11) is 1.48. The number of hydrogen-bond acceptors (Lipinski definition) is 9. The molecule has 0 saturated heterocycles. The van der Waals surface area contributed by atoms with Gasteiger partial charge in [0.1, 0.15) is 0 Å².